The lowest BCUT2D eigenvalue weighted by Crippen LogP contribution is -2.10. The van der Waals surface area contributed by atoms with Gasteiger partial charge < -0.3 is 4.90 Å². The van der Waals surface area contributed by atoms with E-state index in [2.05, 4.69) is 183 Å². The number of nitrogens with zero attached hydrogens (tertiary/aromatic N) is 1. The van der Waals surface area contributed by atoms with Crippen LogP contribution in [0, 0.1) is 13.8 Å². The molecule has 0 aromatic heterocycles. The van der Waals surface area contributed by atoms with Crippen LogP contribution in [0.2, 0.25) is 0 Å². The standard InChI is InChI=1S/C46H33N/c1-30-13-18-38(19-14-30)47(39-20-15-31(2)16-21-39)40-22-17-34-24-43-44(27-35(34)23-40)46-29-37-26-42(33-11-7-4-8-12-33)41(25-36(37)28-45(43)46)32-9-5-3-6-10-32/h3-29H,1-2H3. The third-order valence-corrected chi connectivity index (χ3v) is 9.67. The van der Waals surface area contributed by atoms with Gasteiger partial charge in [0.15, 0.2) is 0 Å². The van der Waals surface area contributed by atoms with Gasteiger partial charge in [0.05, 0.1) is 0 Å². The van der Waals surface area contributed by atoms with Gasteiger partial charge in [-0.05, 0) is 153 Å². The molecule has 8 aromatic carbocycles. The quantitative estimate of drug-likeness (QED) is 0.190. The average Bonchev–Trinajstić information content (AvgIpc) is 3.12. The monoisotopic (exact) mass is 599 g/mol. The third kappa shape index (κ3) is 4.71. The lowest BCUT2D eigenvalue weighted by Gasteiger charge is -2.28. The maximum Gasteiger partial charge on any atom is 0.0468 e. The van der Waals surface area contributed by atoms with Crippen LogP contribution in [0.25, 0.3) is 66.1 Å². The van der Waals surface area contributed by atoms with Crippen molar-refractivity contribution in [2.75, 3.05) is 4.90 Å². The number of aryl methyl sites for hydroxylation is 2. The van der Waals surface area contributed by atoms with Crippen molar-refractivity contribution in [2.24, 2.45) is 0 Å². The lowest BCUT2D eigenvalue weighted by molar-refractivity contribution is 1.27. The molecule has 8 aromatic rings. The summed E-state index contributed by atoms with van der Waals surface area (Å²) in [7, 11) is 0. The Hall–Kier alpha value is -5.92. The summed E-state index contributed by atoms with van der Waals surface area (Å²) in [5.74, 6) is 0. The van der Waals surface area contributed by atoms with Crippen LogP contribution in [-0.2, 0) is 0 Å². The van der Waals surface area contributed by atoms with Crippen molar-refractivity contribution in [1.29, 1.82) is 0 Å². The predicted octanol–water partition coefficient (Wildman–Crippen LogP) is 13.1. The Morgan fingerprint density at radius 2 is 0.660 bits per heavy atom. The van der Waals surface area contributed by atoms with Crippen LogP contribution < -0.4 is 4.90 Å². The van der Waals surface area contributed by atoms with Crippen molar-refractivity contribution < 1.29 is 0 Å². The van der Waals surface area contributed by atoms with Crippen molar-refractivity contribution in [3.63, 3.8) is 0 Å². The van der Waals surface area contributed by atoms with Crippen LogP contribution in [-0.4, -0.2) is 0 Å². The van der Waals surface area contributed by atoms with E-state index >= 15 is 0 Å². The van der Waals surface area contributed by atoms with Crippen molar-refractivity contribution in [3.05, 3.63) is 175 Å². The van der Waals surface area contributed by atoms with E-state index in [4.69, 9.17) is 0 Å². The summed E-state index contributed by atoms with van der Waals surface area (Å²) in [5, 5.41) is 5.05. The highest BCUT2D eigenvalue weighted by atomic mass is 15.1. The molecule has 0 fully saturated rings. The molecule has 0 saturated heterocycles. The van der Waals surface area contributed by atoms with E-state index in [0.29, 0.717) is 0 Å². The highest BCUT2D eigenvalue weighted by molar-refractivity contribution is 6.13. The summed E-state index contributed by atoms with van der Waals surface area (Å²) in [6.07, 6.45) is 0. The van der Waals surface area contributed by atoms with Crippen molar-refractivity contribution in [1.82, 2.24) is 0 Å². The molecule has 0 spiro atoms. The fraction of sp³-hybridized carbons (Fsp3) is 0.0435. The summed E-state index contributed by atoms with van der Waals surface area (Å²) in [4.78, 5) is 2.36. The summed E-state index contributed by atoms with van der Waals surface area (Å²) in [5.41, 5.74) is 16.3. The summed E-state index contributed by atoms with van der Waals surface area (Å²) in [6, 6.07) is 60.3. The van der Waals surface area contributed by atoms with Crippen molar-refractivity contribution in [2.45, 2.75) is 13.8 Å². The highest BCUT2D eigenvalue weighted by Gasteiger charge is 2.25. The number of fused-ring (bicyclic) bond motifs is 6. The minimum absolute atomic E-state index is 1.16. The van der Waals surface area contributed by atoms with Gasteiger partial charge in [0.2, 0.25) is 0 Å². The zero-order valence-corrected chi connectivity index (χ0v) is 26.5. The largest absolute Gasteiger partial charge is 0.310 e. The van der Waals surface area contributed by atoms with Crippen LogP contribution >= 0.6 is 0 Å². The van der Waals surface area contributed by atoms with Gasteiger partial charge in [-0.25, -0.2) is 0 Å². The Morgan fingerprint density at radius 1 is 0.298 bits per heavy atom. The van der Waals surface area contributed by atoms with Gasteiger partial charge in [0.25, 0.3) is 0 Å². The smallest absolute Gasteiger partial charge is 0.0468 e. The molecule has 1 aliphatic rings. The molecule has 0 bridgehead atoms. The molecule has 1 aliphatic carbocycles. The second kappa shape index (κ2) is 10.9. The fourth-order valence-corrected chi connectivity index (χ4v) is 7.15. The van der Waals surface area contributed by atoms with Gasteiger partial charge in [-0.3, -0.25) is 0 Å². The first-order valence-electron chi connectivity index (χ1n) is 16.3. The Labute approximate surface area is 276 Å². The maximum absolute atomic E-state index is 2.40. The van der Waals surface area contributed by atoms with E-state index in [1.165, 1.54) is 77.2 Å². The normalized spacial score (nSPS) is 11.6. The Kier molecular flexibility index (Phi) is 6.33. The zero-order chi connectivity index (χ0) is 31.5. The number of rotatable bonds is 5. The van der Waals surface area contributed by atoms with E-state index in [1.807, 2.05) is 0 Å². The summed E-state index contributed by atoms with van der Waals surface area (Å²) < 4.78 is 0. The number of hydrogen-bond acceptors (Lipinski definition) is 1. The van der Waals surface area contributed by atoms with Crippen LogP contribution in [0.4, 0.5) is 17.1 Å². The number of hydrogen-bond donors (Lipinski definition) is 0. The van der Waals surface area contributed by atoms with Gasteiger partial charge in [0.1, 0.15) is 0 Å². The van der Waals surface area contributed by atoms with Crippen LogP contribution in [0.15, 0.2) is 164 Å². The maximum atomic E-state index is 2.40. The zero-order valence-electron chi connectivity index (χ0n) is 26.5. The molecule has 0 saturated carbocycles. The Balaban J connectivity index is 1.16. The topological polar surface area (TPSA) is 3.24 Å². The van der Waals surface area contributed by atoms with Gasteiger partial charge in [-0.1, -0.05) is 102 Å². The molecule has 0 unspecified atom stereocenters. The SMILES string of the molecule is Cc1ccc(N(c2ccc(C)cc2)c2ccc3cc4c(cc3c2)-c2cc3cc(-c5ccccc5)c(-c5ccccc5)cc3cc2-4)cc1. The van der Waals surface area contributed by atoms with Gasteiger partial charge in [0, 0.05) is 17.1 Å². The first-order valence-corrected chi connectivity index (χ1v) is 16.3. The number of benzene rings is 8. The van der Waals surface area contributed by atoms with Crippen LogP contribution in [0.5, 0.6) is 0 Å². The van der Waals surface area contributed by atoms with Gasteiger partial charge >= 0.3 is 0 Å². The van der Waals surface area contributed by atoms with Crippen molar-refractivity contribution in [3.8, 4) is 44.5 Å². The van der Waals surface area contributed by atoms with E-state index in [0.717, 1.165) is 17.1 Å². The lowest BCUT2D eigenvalue weighted by atomic mass is 9.77. The molecule has 0 radical (unpaired) electrons. The first kappa shape index (κ1) is 27.4. The molecule has 1 heteroatoms. The van der Waals surface area contributed by atoms with E-state index in [9.17, 15) is 0 Å². The molecule has 0 N–H and O–H groups in total. The second-order valence-electron chi connectivity index (χ2n) is 12.8. The second-order valence-corrected chi connectivity index (χ2v) is 12.8. The molecule has 0 aliphatic heterocycles. The molecular weight excluding hydrogens is 567 g/mol. The molecule has 222 valence electrons. The van der Waals surface area contributed by atoms with Crippen LogP contribution in [0.3, 0.4) is 0 Å². The molecule has 9 rings (SSSR count). The molecule has 47 heavy (non-hydrogen) atoms. The first-order chi connectivity index (χ1) is 23.1. The number of anilines is 3. The van der Waals surface area contributed by atoms with Crippen LogP contribution in [0.1, 0.15) is 11.1 Å². The fourth-order valence-electron chi connectivity index (χ4n) is 7.15. The predicted molar refractivity (Wildman–Crippen MR) is 201 cm³/mol. The van der Waals surface area contributed by atoms with E-state index in [-0.39, 0.29) is 0 Å². The minimum atomic E-state index is 1.16. The molecular formula is C46H33N. The molecule has 0 atom stereocenters. The van der Waals surface area contributed by atoms with Gasteiger partial charge in [-0.15, -0.1) is 0 Å². The molecule has 0 heterocycles. The molecule has 0 amide bonds. The van der Waals surface area contributed by atoms with Crippen molar-refractivity contribution >= 4 is 38.6 Å². The van der Waals surface area contributed by atoms with Gasteiger partial charge in [-0.2, -0.15) is 0 Å². The third-order valence-electron chi connectivity index (χ3n) is 9.67. The summed E-state index contributed by atoms with van der Waals surface area (Å²) >= 11 is 0. The van der Waals surface area contributed by atoms with E-state index in [1.54, 1.807) is 0 Å². The Bertz CT molecular complexity index is 2390. The van der Waals surface area contributed by atoms with E-state index < -0.39 is 0 Å². The Morgan fingerprint density at radius 3 is 1.11 bits per heavy atom. The highest BCUT2D eigenvalue weighted by Crippen LogP contribution is 2.51. The average molecular weight is 600 g/mol. The summed E-state index contributed by atoms with van der Waals surface area (Å²) in [6.45, 7) is 4.28. The molecule has 1 nitrogen and oxygen atoms in total. The minimum Gasteiger partial charge on any atom is -0.310 e.